The molecule has 1 heterocycles. The lowest BCUT2D eigenvalue weighted by Gasteiger charge is -2.10. The van der Waals surface area contributed by atoms with Crippen LogP contribution in [-0.4, -0.2) is 28.7 Å². The van der Waals surface area contributed by atoms with E-state index in [9.17, 15) is 13.6 Å². The first-order chi connectivity index (χ1) is 10.1. The maximum Gasteiger partial charge on any atom is 0.288 e. The molecule has 0 aliphatic heterocycles. The van der Waals surface area contributed by atoms with Crippen molar-refractivity contribution in [3.05, 3.63) is 42.4 Å². The van der Waals surface area contributed by atoms with Crippen molar-refractivity contribution in [3.8, 4) is 0 Å². The predicted molar refractivity (Wildman–Crippen MR) is 77.8 cm³/mol. The topological polar surface area (TPSA) is 66.9 Å². The summed E-state index contributed by atoms with van der Waals surface area (Å²) < 4.78 is 24.9. The molecular formula is C13H12F2N4OS. The molecule has 1 aromatic heterocycles. The van der Waals surface area contributed by atoms with Crippen molar-refractivity contribution in [1.29, 1.82) is 0 Å². The van der Waals surface area contributed by atoms with E-state index in [1.54, 1.807) is 25.2 Å². The Balaban J connectivity index is 2.15. The minimum absolute atomic E-state index is 0.103. The lowest BCUT2D eigenvalue weighted by molar-refractivity contribution is 0.102. The molecule has 1 aromatic carbocycles. The molecule has 0 aliphatic rings. The first-order valence-corrected chi connectivity index (χ1v) is 6.83. The van der Waals surface area contributed by atoms with Gasteiger partial charge in [-0.05, 0) is 12.1 Å². The molecule has 0 saturated carbocycles. The van der Waals surface area contributed by atoms with E-state index in [1.807, 2.05) is 0 Å². The van der Waals surface area contributed by atoms with Crippen LogP contribution in [0.25, 0.3) is 0 Å². The number of para-hydroxylation sites is 1. The van der Waals surface area contributed by atoms with Crippen molar-refractivity contribution < 1.29 is 13.6 Å². The van der Waals surface area contributed by atoms with Crippen LogP contribution in [0, 0.1) is 0 Å². The third kappa shape index (κ3) is 4.12. The van der Waals surface area contributed by atoms with Crippen LogP contribution in [0.5, 0.6) is 0 Å². The van der Waals surface area contributed by atoms with E-state index in [-0.39, 0.29) is 5.69 Å². The number of alkyl halides is 2. The van der Waals surface area contributed by atoms with Gasteiger partial charge < -0.3 is 10.6 Å². The third-order valence-corrected chi connectivity index (χ3v) is 3.28. The van der Waals surface area contributed by atoms with Crippen LogP contribution >= 0.6 is 11.8 Å². The highest BCUT2D eigenvalue weighted by Crippen LogP contribution is 2.31. The van der Waals surface area contributed by atoms with Gasteiger partial charge in [-0.2, -0.15) is 8.78 Å². The summed E-state index contributed by atoms with van der Waals surface area (Å²) in [5.41, 5.74) is 0.415. The summed E-state index contributed by atoms with van der Waals surface area (Å²) in [6.45, 7) is 0. The Hall–Kier alpha value is -2.22. The smallest absolute Gasteiger partial charge is 0.288 e. The van der Waals surface area contributed by atoms with Gasteiger partial charge in [0.05, 0.1) is 18.1 Å². The number of halogens is 2. The molecule has 0 fully saturated rings. The van der Waals surface area contributed by atoms with Crippen molar-refractivity contribution in [3.63, 3.8) is 0 Å². The zero-order valence-electron chi connectivity index (χ0n) is 11.0. The van der Waals surface area contributed by atoms with Gasteiger partial charge in [-0.25, -0.2) is 9.97 Å². The fourth-order valence-corrected chi connectivity index (χ4v) is 2.12. The first-order valence-electron chi connectivity index (χ1n) is 5.95. The summed E-state index contributed by atoms with van der Waals surface area (Å²) >= 11 is 0.374. The Morgan fingerprint density at radius 2 is 2.00 bits per heavy atom. The number of rotatable bonds is 5. The summed E-state index contributed by atoms with van der Waals surface area (Å²) in [5, 5.41) is 5.34. The Morgan fingerprint density at radius 3 is 2.62 bits per heavy atom. The van der Waals surface area contributed by atoms with E-state index < -0.39 is 11.7 Å². The highest BCUT2D eigenvalue weighted by molar-refractivity contribution is 7.99. The van der Waals surface area contributed by atoms with Gasteiger partial charge in [0.15, 0.2) is 0 Å². The second-order valence-corrected chi connectivity index (χ2v) is 4.90. The molecule has 0 spiro atoms. The quantitative estimate of drug-likeness (QED) is 0.831. The number of anilines is 2. The number of hydrogen-bond acceptors (Lipinski definition) is 5. The molecule has 0 atom stereocenters. The van der Waals surface area contributed by atoms with Gasteiger partial charge in [-0.1, -0.05) is 23.9 Å². The molecule has 2 N–H and O–H groups in total. The Bertz CT molecular complexity index is 622. The summed E-state index contributed by atoms with van der Waals surface area (Å²) in [4.78, 5) is 20.2. The zero-order chi connectivity index (χ0) is 15.2. The number of nitrogens with one attached hydrogen (secondary N) is 2. The molecule has 0 radical (unpaired) electrons. The number of carbonyl (C=O) groups excluding carboxylic acids is 1. The van der Waals surface area contributed by atoms with Crippen LogP contribution < -0.4 is 10.6 Å². The van der Waals surface area contributed by atoms with Crippen LogP contribution in [0.1, 0.15) is 10.5 Å². The number of benzene rings is 1. The number of hydrogen-bond donors (Lipinski definition) is 2. The van der Waals surface area contributed by atoms with Crippen molar-refractivity contribution in [1.82, 2.24) is 9.97 Å². The van der Waals surface area contributed by atoms with Crippen molar-refractivity contribution in [2.75, 3.05) is 17.7 Å². The zero-order valence-corrected chi connectivity index (χ0v) is 11.8. The first kappa shape index (κ1) is 15.2. The molecule has 0 unspecified atom stereocenters. The van der Waals surface area contributed by atoms with Crippen LogP contribution in [0.15, 0.2) is 41.6 Å². The molecule has 2 rings (SSSR count). The van der Waals surface area contributed by atoms with E-state index in [1.165, 1.54) is 18.5 Å². The average Bonchev–Trinajstić information content (AvgIpc) is 2.49. The van der Waals surface area contributed by atoms with E-state index in [0.29, 0.717) is 28.2 Å². The lowest BCUT2D eigenvalue weighted by Crippen LogP contribution is -2.15. The minimum Gasteiger partial charge on any atom is -0.372 e. The highest BCUT2D eigenvalue weighted by Gasteiger charge is 2.13. The van der Waals surface area contributed by atoms with Gasteiger partial charge in [0, 0.05) is 11.9 Å². The average molecular weight is 310 g/mol. The second kappa shape index (κ2) is 6.98. The van der Waals surface area contributed by atoms with Crippen LogP contribution in [0.3, 0.4) is 0 Å². The number of aromatic nitrogens is 2. The van der Waals surface area contributed by atoms with Crippen molar-refractivity contribution in [2.45, 2.75) is 10.7 Å². The minimum atomic E-state index is -2.56. The van der Waals surface area contributed by atoms with Crippen LogP contribution in [0.4, 0.5) is 20.3 Å². The normalized spacial score (nSPS) is 10.5. The van der Waals surface area contributed by atoms with E-state index in [4.69, 9.17) is 0 Å². The van der Waals surface area contributed by atoms with Gasteiger partial charge in [0.1, 0.15) is 11.5 Å². The van der Waals surface area contributed by atoms with Crippen molar-refractivity contribution >= 4 is 29.2 Å². The molecule has 21 heavy (non-hydrogen) atoms. The van der Waals surface area contributed by atoms with Gasteiger partial charge >= 0.3 is 0 Å². The maximum absolute atomic E-state index is 12.5. The molecule has 5 nitrogen and oxygen atoms in total. The number of carbonyl (C=O) groups is 1. The molecular weight excluding hydrogens is 298 g/mol. The van der Waals surface area contributed by atoms with Gasteiger partial charge in [0.25, 0.3) is 11.7 Å². The number of nitrogens with zero attached hydrogens (tertiary/aromatic N) is 2. The maximum atomic E-state index is 12.5. The Kier molecular flexibility index (Phi) is 5.04. The summed E-state index contributed by atoms with van der Waals surface area (Å²) in [6, 6.07) is 6.35. The molecule has 0 saturated heterocycles. The number of thioether (sulfide) groups is 1. The molecule has 110 valence electrons. The lowest BCUT2D eigenvalue weighted by atomic mass is 10.3. The second-order valence-electron chi connectivity index (χ2n) is 3.87. The Labute approximate surface area is 124 Å². The van der Waals surface area contributed by atoms with E-state index in [0.717, 1.165) is 0 Å². The summed E-state index contributed by atoms with van der Waals surface area (Å²) in [7, 11) is 1.68. The van der Waals surface area contributed by atoms with Gasteiger partial charge in [0.2, 0.25) is 0 Å². The standard InChI is InChI=1S/C13H12F2N4OS/c1-16-11-7-17-9(6-18-11)12(20)19-8-4-2-3-5-10(8)21-13(14)15/h2-7,13H,1H3,(H,16,18)(H,19,20). The molecule has 8 heteroatoms. The monoisotopic (exact) mass is 310 g/mol. The SMILES string of the molecule is CNc1cnc(C(=O)Nc2ccccc2SC(F)F)cn1. The fraction of sp³-hybridized carbons (Fsp3) is 0.154. The predicted octanol–water partition coefficient (Wildman–Crippen LogP) is 3.09. The van der Waals surface area contributed by atoms with Crippen LogP contribution in [-0.2, 0) is 0 Å². The van der Waals surface area contributed by atoms with Crippen LogP contribution in [0.2, 0.25) is 0 Å². The molecule has 0 aliphatic carbocycles. The van der Waals surface area contributed by atoms with Gasteiger partial charge in [-0.3, -0.25) is 4.79 Å². The summed E-state index contributed by atoms with van der Waals surface area (Å²) in [5.74, 6) is -2.54. The highest BCUT2D eigenvalue weighted by atomic mass is 32.2. The molecule has 1 amide bonds. The molecule has 2 aromatic rings. The van der Waals surface area contributed by atoms with Gasteiger partial charge in [-0.15, -0.1) is 0 Å². The summed E-state index contributed by atoms with van der Waals surface area (Å²) in [6.07, 6.45) is 2.72. The largest absolute Gasteiger partial charge is 0.372 e. The Morgan fingerprint density at radius 1 is 1.24 bits per heavy atom. The van der Waals surface area contributed by atoms with E-state index >= 15 is 0 Å². The van der Waals surface area contributed by atoms with Crippen molar-refractivity contribution in [2.24, 2.45) is 0 Å². The molecule has 0 bridgehead atoms. The fourth-order valence-electron chi connectivity index (χ4n) is 1.53. The number of amides is 1. The van der Waals surface area contributed by atoms with E-state index in [2.05, 4.69) is 20.6 Å². The third-order valence-electron chi connectivity index (χ3n) is 2.49.